The van der Waals surface area contributed by atoms with Gasteiger partial charge < -0.3 is 5.32 Å². The molecule has 1 aliphatic heterocycles. The van der Waals surface area contributed by atoms with Crippen LogP contribution in [0.25, 0.3) is 0 Å². The standard InChI is InChI=1S/C16H21ClN4O5S/c1-10(2)18-15(23)16(24)20-19-14(22)12-9-11(5-6-13(12)17)27(25,26)21-7-3-4-8-21/h5-6,9-10H,3-4,7-8H2,1-2H3,(H,18,23)(H,19,22)(H,20,24). The Morgan fingerprint density at radius 3 is 2.30 bits per heavy atom. The molecule has 3 amide bonds. The summed E-state index contributed by atoms with van der Waals surface area (Å²) in [6.07, 6.45) is 1.56. The number of carbonyl (C=O) groups is 3. The number of hydrazine groups is 1. The Hall–Kier alpha value is -2.17. The Labute approximate surface area is 162 Å². The van der Waals surface area contributed by atoms with Crippen LogP contribution in [0, 0.1) is 0 Å². The highest BCUT2D eigenvalue weighted by atomic mass is 35.5. The molecular formula is C16H21ClN4O5S. The molecule has 1 heterocycles. The first-order chi connectivity index (χ1) is 12.6. The van der Waals surface area contributed by atoms with E-state index < -0.39 is 27.7 Å². The molecule has 0 saturated carbocycles. The van der Waals surface area contributed by atoms with Crippen LogP contribution in [0.2, 0.25) is 5.02 Å². The number of nitrogens with zero attached hydrogens (tertiary/aromatic N) is 1. The monoisotopic (exact) mass is 416 g/mol. The zero-order valence-electron chi connectivity index (χ0n) is 14.9. The molecule has 0 aliphatic carbocycles. The van der Waals surface area contributed by atoms with Crippen molar-refractivity contribution >= 4 is 39.3 Å². The van der Waals surface area contributed by atoms with Gasteiger partial charge in [0.1, 0.15) is 0 Å². The number of hydrogen-bond donors (Lipinski definition) is 3. The van der Waals surface area contributed by atoms with Gasteiger partial charge in [0, 0.05) is 19.1 Å². The molecule has 1 saturated heterocycles. The maximum Gasteiger partial charge on any atom is 0.327 e. The van der Waals surface area contributed by atoms with Crippen molar-refractivity contribution in [2.45, 2.75) is 37.6 Å². The first-order valence-electron chi connectivity index (χ1n) is 8.34. The second kappa shape index (κ2) is 8.68. The first kappa shape index (κ1) is 21.1. The van der Waals surface area contributed by atoms with E-state index in [1.165, 1.54) is 16.4 Å². The summed E-state index contributed by atoms with van der Waals surface area (Å²) in [4.78, 5) is 35.3. The van der Waals surface area contributed by atoms with Crippen LogP contribution in [0.5, 0.6) is 0 Å². The molecule has 1 aromatic carbocycles. The van der Waals surface area contributed by atoms with Gasteiger partial charge >= 0.3 is 11.8 Å². The highest BCUT2D eigenvalue weighted by molar-refractivity contribution is 7.89. The van der Waals surface area contributed by atoms with Crippen LogP contribution in [0.3, 0.4) is 0 Å². The second-order valence-corrected chi connectivity index (χ2v) is 8.63. The molecule has 1 aromatic rings. The number of sulfonamides is 1. The van der Waals surface area contributed by atoms with Crippen molar-refractivity contribution in [3.8, 4) is 0 Å². The van der Waals surface area contributed by atoms with Crippen LogP contribution in [-0.2, 0) is 19.6 Å². The molecule has 2 rings (SSSR count). The van der Waals surface area contributed by atoms with E-state index in [4.69, 9.17) is 11.6 Å². The fraction of sp³-hybridized carbons (Fsp3) is 0.438. The Bertz CT molecular complexity index is 850. The lowest BCUT2D eigenvalue weighted by Gasteiger charge is -2.16. The summed E-state index contributed by atoms with van der Waals surface area (Å²) in [7, 11) is -3.73. The molecule has 0 unspecified atom stereocenters. The van der Waals surface area contributed by atoms with E-state index in [1.54, 1.807) is 13.8 Å². The van der Waals surface area contributed by atoms with E-state index in [2.05, 4.69) is 5.32 Å². The lowest BCUT2D eigenvalue weighted by atomic mass is 10.2. The smallest absolute Gasteiger partial charge is 0.327 e. The normalized spacial score (nSPS) is 14.8. The molecular weight excluding hydrogens is 396 g/mol. The molecule has 1 aliphatic rings. The van der Waals surface area contributed by atoms with Crippen molar-refractivity contribution in [2.24, 2.45) is 0 Å². The molecule has 0 radical (unpaired) electrons. The van der Waals surface area contributed by atoms with Crippen molar-refractivity contribution in [1.29, 1.82) is 0 Å². The lowest BCUT2D eigenvalue weighted by Crippen LogP contribution is -2.49. The summed E-state index contributed by atoms with van der Waals surface area (Å²) < 4.78 is 26.6. The third-order valence-corrected chi connectivity index (χ3v) is 6.03. The van der Waals surface area contributed by atoms with E-state index in [9.17, 15) is 22.8 Å². The topological polar surface area (TPSA) is 125 Å². The number of nitrogens with one attached hydrogen (secondary N) is 3. The zero-order valence-corrected chi connectivity index (χ0v) is 16.5. The van der Waals surface area contributed by atoms with Crippen LogP contribution in [0.1, 0.15) is 37.0 Å². The van der Waals surface area contributed by atoms with Gasteiger partial charge in [-0.1, -0.05) is 11.6 Å². The highest BCUT2D eigenvalue weighted by Gasteiger charge is 2.28. The van der Waals surface area contributed by atoms with Crippen molar-refractivity contribution < 1.29 is 22.8 Å². The Morgan fingerprint density at radius 1 is 1.07 bits per heavy atom. The number of carbonyl (C=O) groups excluding carboxylic acids is 3. The van der Waals surface area contributed by atoms with E-state index in [0.29, 0.717) is 13.1 Å². The van der Waals surface area contributed by atoms with Gasteiger partial charge in [-0.2, -0.15) is 4.31 Å². The van der Waals surface area contributed by atoms with Gasteiger partial charge in [0.05, 0.1) is 15.5 Å². The number of halogens is 1. The SMILES string of the molecule is CC(C)NC(=O)C(=O)NNC(=O)c1cc(S(=O)(=O)N2CCCC2)ccc1Cl. The summed E-state index contributed by atoms with van der Waals surface area (Å²) in [6, 6.07) is 3.51. The zero-order chi connectivity index (χ0) is 20.2. The van der Waals surface area contributed by atoms with Crippen LogP contribution < -0.4 is 16.2 Å². The third-order valence-electron chi connectivity index (χ3n) is 3.80. The van der Waals surface area contributed by atoms with E-state index >= 15 is 0 Å². The summed E-state index contributed by atoms with van der Waals surface area (Å²) in [5.74, 6) is -2.82. The minimum absolute atomic E-state index is 0.00810. The van der Waals surface area contributed by atoms with Crippen LogP contribution in [0.4, 0.5) is 0 Å². The molecule has 1 fully saturated rings. The predicted octanol–water partition coefficient (Wildman–Crippen LogP) is 0.410. The number of benzene rings is 1. The average Bonchev–Trinajstić information content (AvgIpc) is 3.14. The van der Waals surface area contributed by atoms with Gasteiger partial charge in [-0.05, 0) is 44.9 Å². The summed E-state index contributed by atoms with van der Waals surface area (Å²) in [6.45, 7) is 4.20. The lowest BCUT2D eigenvalue weighted by molar-refractivity contribution is -0.139. The van der Waals surface area contributed by atoms with Gasteiger partial charge in [0.25, 0.3) is 5.91 Å². The average molecular weight is 417 g/mol. The number of hydrogen-bond acceptors (Lipinski definition) is 5. The van der Waals surface area contributed by atoms with Crippen molar-refractivity contribution in [3.05, 3.63) is 28.8 Å². The first-order valence-corrected chi connectivity index (χ1v) is 10.2. The molecule has 3 N–H and O–H groups in total. The van der Waals surface area contributed by atoms with Crippen LogP contribution in [0.15, 0.2) is 23.1 Å². The minimum Gasteiger partial charge on any atom is -0.346 e. The Balaban J connectivity index is 2.12. The summed E-state index contributed by atoms with van der Waals surface area (Å²) in [5.41, 5.74) is 3.87. The molecule has 0 spiro atoms. The number of amides is 3. The Morgan fingerprint density at radius 2 is 1.70 bits per heavy atom. The van der Waals surface area contributed by atoms with Crippen LogP contribution >= 0.6 is 11.6 Å². The van der Waals surface area contributed by atoms with Crippen LogP contribution in [-0.4, -0.2) is 49.6 Å². The third kappa shape index (κ3) is 5.18. The molecule has 11 heteroatoms. The largest absolute Gasteiger partial charge is 0.346 e. The van der Waals surface area contributed by atoms with Gasteiger partial charge in [0.2, 0.25) is 10.0 Å². The Kier molecular flexibility index (Phi) is 6.79. The highest BCUT2D eigenvalue weighted by Crippen LogP contribution is 2.25. The van der Waals surface area contributed by atoms with Gasteiger partial charge in [0.15, 0.2) is 0 Å². The molecule has 9 nitrogen and oxygen atoms in total. The van der Waals surface area contributed by atoms with E-state index in [0.717, 1.165) is 18.9 Å². The van der Waals surface area contributed by atoms with Gasteiger partial charge in [-0.15, -0.1) is 0 Å². The minimum atomic E-state index is -3.73. The quantitative estimate of drug-likeness (QED) is 0.484. The van der Waals surface area contributed by atoms with Crippen molar-refractivity contribution in [3.63, 3.8) is 0 Å². The molecule has 27 heavy (non-hydrogen) atoms. The molecule has 0 atom stereocenters. The fourth-order valence-corrected chi connectivity index (χ4v) is 4.23. The molecule has 0 bridgehead atoms. The summed E-state index contributed by atoms with van der Waals surface area (Å²) >= 11 is 5.99. The number of rotatable bonds is 4. The van der Waals surface area contributed by atoms with E-state index in [1.807, 2.05) is 10.9 Å². The molecule has 148 valence electrons. The van der Waals surface area contributed by atoms with Crippen molar-refractivity contribution in [2.75, 3.05) is 13.1 Å². The van der Waals surface area contributed by atoms with E-state index in [-0.39, 0.29) is 21.5 Å². The van der Waals surface area contributed by atoms with Gasteiger partial charge in [-0.3, -0.25) is 25.2 Å². The maximum atomic E-state index is 12.6. The van der Waals surface area contributed by atoms with Crippen molar-refractivity contribution in [1.82, 2.24) is 20.5 Å². The molecule has 0 aromatic heterocycles. The van der Waals surface area contributed by atoms with Gasteiger partial charge in [-0.25, -0.2) is 8.42 Å². The summed E-state index contributed by atoms with van der Waals surface area (Å²) in [5, 5.41) is 2.37. The predicted molar refractivity (Wildman–Crippen MR) is 98.3 cm³/mol. The maximum absolute atomic E-state index is 12.6. The fourth-order valence-electron chi connectivity index (χ4n) is 2.48. The second-order valence-electron chi connectivity index (χ2n) is 6.29.